The molecule has 110 valence electrons. The number of carbonyl (C=O) groups is 1. The average Bonchev–Trinajstić information content (AvgIpc) is 3.18. The van der Waals surface area contributed by atoms with Crippen molar-refractivity contribution < 1.29 is 13.6 Å². The van der Waals surface area contributed by atoms with Gasteiger partial charge in [0.1, 0.15) is 11.6 Å². The zero-order valence-electron chi connectivity index (χ0n) is 11.2. The van der Waals surface area contributed by atoms with Crippen molar-refractivity contribution in [2.24, 2.45) is 0 Å². The molecule has 1 fully saturated rings. The first-order chi connectivity index (χ1) is 10.1. The van der Waals surface area contributed by atoms with Gasteiger partial charge in [0.15, 0.2) is 5.78 Å². The highest BCUT2D eigenvalue weighted by molar-refractivity contribution is 8.00. The SMILES string of the molecule is CC(Sc1nnnn1C1CC1)C(=O)c1ccc(F)cc1F. The van der Waals surface area contributed by atoms with Crippen molar-refractivity contribution in [3.05, 3.63) is 35.4 Å². The molecule has 1 aromatic heterocycles. The quantitative estimate of drug-likeness (QED) is 0.627. The second kappa shape index (κ2) is 5.51. The molecular formula is C13H12F2N4OS. The van der Waals surface area contributed by atoms with E-state index in [1.807, 2.05) is 0 Å². The van der Waals surface area contributed by atoms with Crippen molar-refractivity contribution in [2.45, 2.75) is 36.2 Å². The summed E-state index contributed by atoms with van der Waals surface area (Å²) in [6.07, 6.45) is 2.04. The van der Waals surface area contributed by atoms with Crippen LogP contribution in [-0.2, 0) is 0 Å². The van der Waals surface area contributed by atoms with Gasteiger partial charge in [-0.05, 0) is 42.3 Å². The molecule has 0 amide bonds. The van der Waals surface area contributed by atoms with Crippen LogP contribution in [0.5, 0.6) is 0 Å². The van der Waals surface area contributed by atoms with E-state index in [0.29, 0.717) is 17.3 Å². The highest BCUT2D eigenvalue weighted by Crippen LogP contribution is 2.37. The monoisotopic (exact) mass is 310 g/mol. The maximum Gasteiger partial charge on any atom is 0.210 e. The van der Waals surface area contributed by atoms with Crippen LogP contribution in [-0.4, -0.2) is 31.2 Å². The fraction of sp³-hybridized carbons (Fsp3) is 0.385. The molecule has 0 saturated heterocycles. The number of nitrogens with zero attached hydrogens (tertiary/aromatic N) is 4. The fourth-order valence-electron chi connectivity index (χ4n) is 1.93. The molecule has 0 radical (unpaired) electrons. The lowest BCUT2D eigenvalue weighted by molar-refractivity contribution is 0.0990. The van der Waals surface area contributed by atoms with E-state index < -0.39 is 22.7 Å². The highest BCUT2D eigenvalue weighted by atomic mass is 32.2. The molecule has 1 saturated carbocycles. The van der Waals surface area contributed by atoms with E-state index in [-0.39, 0.29) is 5.56 Å². The van der Waals surface area contributed by atoms with Gasteiger partial charge in [-0.1, -0.05) is 11.8 Å². The smallest absolute Gasteiger partial charge is 0.210 e. The molecule has 0 spiro atoms. The Balaban J connectivity index is 1.76. The lowest BCUT2D eigenvalue weighted by atomic mass is 10.1. The molecule has 5 nitrogen and oxygen atoms in total. The van der Waals surface area contributed by atoms with Gasteiger partial charge in [-0.15, -0.1) is 5.10 Å². The summed E-state index contributed by atoms with van der Waals surface area (Å²) in [5.41, 5.74) is -0.123. The van der Waals surface area contributed by atoms with Gasteiger partial charge in [-0.3, -0.25) is 4.79 Å². The predicted molar refractivity (Wildman–Crippen MR) is 72.1 cm³/mol. The van der Waals surface area contributed by atoms with Crippen molar-refractivity contribution in [1.82, 2.24) is 20.2 Å². The zero-order valence-corrected chi connectivity index (χ0v) is 12.0. The molecular weight excluding hydrogens is 298 g/mol. The number of hydrogen-bond acceptors (Lipinski definition) is 5. The number of benzene rings is 1. The summed E-state index contributed by atoms with van der Waals surface area (Å²) in [5, 5.41) is 11.4. The van der Waals surface area contributed by atoms with Gasteiger partial charge in [0.05, 0.1) is 16.9 Å². The number of Topliss-reactive ketones (excluding diaryl/α,β-unsaturated/α-hetero) is 1. The molecule has 0 bridgehead atoms. The summed E-state index contributed by atoms with van der Waals surface area (Å²) in [5.74, 6) is -1.97. The minimum absolute atomic E-state index is 0.123. The fourth-order valence-corrected chi connectivity index (χ4v) is 2.86. The Kier molecular flexibility index (Phi) is 3.71. The van der Waals surface area contributed by atoms with E-state index in [1.54, 1.807) is 11.6 Å². The van der Waals surface area contributed by atoms with Gasteiger partial charge < -0.3 is 0 Å². The Labute approximate surface area is 123 Å². The van der Waals surface area contributed by atoms with Crippen LogP contribution in [0.2, 0.25) is 0 Å². The third-order valence-corrected chi connectivity index (χ3v) is 4.25. The third-order valence-electron chi connectivity index (χ3n) is 3.20. The normalized spacial score (nSPS) is 16.0. The van der Waals surface area contributed by atoms with Gasteiger partial charge >= 0.3 is 0 Å². The van der Waals surface area contributed by atoms with Crippen LogP contribution in [0.3, 0.4) is 0 Å². The lowest BCUT2D eigenvalue weighted by Crippen LogP contribution is -2.16. The van der Waals surface area contributed by atoms with Crippen molar-refractivity contribution in [3.8, 4) is 0 Å². The summed E-state index contributed by atoms with van der Waals surface area (Å²) < 4.78 is 28.2. The standard InChI is InChI=1S/C13H12F2N4OS/c1-7(12(20)10-5-2-8(14)6-11(10)15)21-13-16-17-18-19(13)9-3-4-9/h2,5-7,9H,3-4H2,1H3. The largest absolute Gasteiger partial charge is 0.293 e. The van der Waals surface area contributed by atoms with E-state index in [4.69, 9.17) is 0 Å². The number of aromatic nitrogens is 4. The molecule has 1 heterocycles. The molecule has 0 aliphatic heterocycles. The van der Waals surface area contributed by atoms with E-state index in [9.17, 15) is 13.6 Å². The van der Waals surface area contributed by atoms with E-state index in [1.165, 1.54) is 11.8 Å². The molecule has 2 aromatic rings. The molecule has 21 heavy (non-hydrogen) atoms. The average molecular weight is 310 g/mol. The maximum absolute atomic E-state index is 13.6. The number of ketones is 1. The van der Waals surface area contributed by atoms with Gasteiger partial charge in [-0.25, -0.2) is 13.5 Å². The van der Waals surface area contributed by atoms with Gasteiger partial charge in [0, 0.05) is 6.07 Å². The molecule has 0 N–H and O–H groups in total. The predicted octanol–water partition coefficient (Wildman–Crippen LogP) is 2.65. The number of rotatable bonds is 5. The minimum atomic E-state index is -0.853. The summed E-state index contributed by atoms with van der Waals surface area (Å²) in [6, 6.07) is 3.24. The summed E-state index contributed by atoms with van der Waals surface area (Å²) in [6.45, 7) is 1.65. The Morgan fingerprint density at radius 2 is 2.19 bits per heavy atom. The first-order valence-electron chi connectivity index (χ1n) is 6.50. The van der Waals surface area contributed by atoms with Crippen LogP contribution < -0.4 is 0 Å². The van der Waals surface area contributed by atoms with Gasteiger partial charge in [0.2, 0.25) is 5.16 Å². The van der Waals surface area contributed by atoms with Crippen LogP contribution in [0.15, 0.2) is 23.4 Å². The number of thioether (sulfide) groups is 1. The molecule has 3 rings (SSSR count). The van der Waals surface area contributed by atoms with Crippen molar-refractivity contribution in [2.75, 3.05) is 0 Å². The molecule has 1 aromatic carbocycles. The maximum atomic E-state index is 13.6. The third kappa shape index (κ3) is 2.94. The van der Waals surface area contributed by atoms with Crippen molar-refractivity contribution in [1.29, 1.82) is 0 Å². The summed E-state index contributed by atoms with van der Waals surface area (Å²) in [7, 11) is 0. The second-order valence-corrected chi connectivity index (χ2v) is 6.19. The van der Waals surface area contributed by atoms with Gasteiger partial charge in [-0.2, -0.15) is 0 Å². The summed E-state index contributed by atoms with van der Waals surface area (Å²) >= 11 is 1.18. The Morgan fingerprint density at radius 3 is 2.86 bits per heavy atom. The molecule has 8 heteroatoms. The Hall–Kier alpha value is -1.83. The summed E-state index contributed by atoms with van der Waals surface area (Å²) in [4.78, 5) is 12.2. The van der Waals surface area contributed by atoms with Crippen LogP contribution in [0.1, 0.15) is 36.2 Å². The first-order valence-corrected chi connectivity index (χ1v) is 7.38. The first kappa shape index (κ1) is 14.1. The molecule has 1 unspecified atom stereocenters. The van der Waals surface area contributed by atoms with Crippen LogP contribution in [0.25, 0.3) is 0 Å². The van der Waals surface area contributed by atoms with Crippen molar-refractivity contribution in [3.63, 3.8) is 0 Å². The van der Waals surface area contributed by atoms with E-state index in [2.05, 4.69) is 15.5 Å². The minimum Gasteiger partial charge on any atom is -0.293 e. The molecule has 1 aliphatic carbocycles. The Morgan fingerprint density at radius 1 is 1.43 bits per heavy atom. The van der Waals surface area contributed by atoms with Gasteiger partial charge in [0.25, 0.3) is 0 Å². The number of halogens is 2. The van der Waals surface area contributed by atoms with Crippen LogP contribution in [0.4, 0.5) is 8.78 Å². The van der Waals surface area contributed by atoms with E-state index >= 15 is 0 Å². The van der Waals surface area contributed by atoms with Crippen LogP contribution in [0, 0.1) is 11.6 Å². The number of hydrogen-bond donors (Lipinski definition) is 0. The number of carbonyl (C=O) groups excluding carboxylic acids is 1. The molecule has 1 aliphatic rings. The second-order valence-electron chi connectivity index (χ2n) is 4.89. The van der Waals surface area contributed by atoms with Crippen LogP contribution >= 0.6 is 11.8 Å². The highest BCUT2D eigenvalue weighted by Gasteiger charge is 2.30. The number of tetrazole rings is 1. The van der Waals surface area contributed by atoms with Crippen molar-refractivity contribution >= 4 is 17.5 Å². The Bertz CT molecular complexity index is 687. The van der Waals surface area contributed by atoms with E-state index in [0.717, 1.165) is 25.0 Å². The molecule has 1 atom stereocenters. The topological polar surface area (TPSA) is 60.7 Å². The zero-order chi connectivity index (χ0) is 15.0. The lowest BCUT2D eigenvalue weighted by Gasteiger charge is -2.10.